The number of hydrogen-bond acceptors (Lipinski definition) is 5. The zero-order chi connectivity index (χ0) is 32.0. The summed E-state index contributed by atoms with van der Waals surface area (Å²) in [6.07, 6.45) is 7.49. The normalized spacial score (nSPS) is 26.5. The van der Waals surface area contributed by atoms with Gasteiger partial charge in [-0.05, 0) is 36.3 Å². The number of hydrogen-bond donors (Lipinski definition) is 1. The Kier molecular flexibility index (Phi) is 10.9. The van der Waals surface area contributed by atoms with E-state index >= 15 is 0 Å². The number of unbranched alkanes of at least 4 members (excludes halogenated alkanes) is 3. The van der Waals surface area contributed by atoms with Gasteiger partial charge in [0.05, 0.1) is 16.6 Å². The molecule has 8 heteroatoms. The Balaban J connectivity index is 1.49. The fourth-order valence-corrected chi connectivity index (χ4v) is 10.2. The van der Waals surface area contributed by atoms with Crippen molar-refractivity contribution < 1.29 is 19.5 Å². The van der Waals surface area contributed by atoms with Gasteiger partial charge in [-0.1, -0.05) is 92.6 Å². The smallest absolute Gasteiger partial charge is 0.247 e. The number of thioether (sulfide) groups is 1. The van der Waals surface area contributed by atoms with Crippen LogP contribution < -0.4 is 0 Å². The minimum Gasteiger partial charge on any atom is -0.396 e. The van der Waals surface area contributed by atoms with Gasteiger partial charge in [0.1, 0.15) is 6.04 Å². The first-order valence-corrected chi connectivity index (χ1v) is 17.2. The average Bonchev–Trinajstić information content (AvgIpc) is 3.64. The van der Waals surface area contributed by atoms with Crippen molar-refractivity contribution in [2.75, 3.05) is 26.2 Å². The Bertz CT molecular complexity index is 1350. The third-order valence-electron chi connectivity index (χ3n) is 9.83. The fraction of sp³-hybridized carbons (Fsp3) is 0.486. The zero-order valence-corrected chi connectivity index (χ0v) is 27.2. The van der Waals surface area contributed by atoms with Crippen molar-refractivity contribution in [1.82, 2.24) is 14.7 Å². The summed E-state index contributed by atoms with van der Waals surface area (Å²) in [5.41, 5.74) is 2.05. The number of nitrogens with zero attached hydrogens (tertiary/aromatic N) is 3. The third kappa shape index (κ3) is 6.50. The highest BCUT2D eigenvalue weighted by atomic mass is 32.2. The lowest BCUT2D eigenvalue weighted by Crippen LogP contribution is -2.57. The molecule has 3 aliphatic rings. The van der Waals surface area contributed by atoms with Crippen LogP contribution in [0, 0.1) is 17.8 Å². The summed E-state index contributed by atoms with van der Waals surface area (Å²) in [7, 11) is 0. The molecule has 45 heavy (non-hydrogen) atoms. The maximum absolute atomic E-state index is 14.8. The van der Waals surface area contributed by atoms with Gasteiger partial charge in [0, 0.05) is 44.6 Å². The number of aliphatic hydroxyl groups excluding tert-OH is 1. The van der Waals surface area contributed by atoms with Gasteiger partial charge in [-0.3, -0.25) is 14.4 Å². The van der Waals surface area contributed by atoms with Crippen LogP contribution in [-0.4, -0.2) is 79.8 Å². The molecule has 6 atom stereocenters. The summed E-state index contributed by atoms with van der Waals surface area (Å²) in [4.78, 5) is 49.4. The summed E-state index contributed by atoms with van der Waals surface area (Å²) in [6.45, 7) is 12.3. The van der Waals surface area contributed by atoms with E-state index < -0.39 is 22.6 Å². The van der Waals surface area contributed by atoms with Gasteiger partial charge < -0.3 is 19.8 Å². The van der Waals surface area contributed by atoms with Crippen LogP contribution >= 0.6 is 11.8 Å². The molecule has 3 unspecified atom stereocenters. The van der Waals surface area contributed by atoms with Crippen LogP contribution in [0.4, 0.5) is 0 Å². The van der Waals surface area contributed by atoms with E-state index in [1.165, 1.54) is 0 Å². The highest BCUT2D eigenvalue weighted by molar-refractivity contribution is 8.02. The summed E-state index contributed by atoms with van der Waals surface area (Å²) >= 11 is 1.73. The maximum Gasteiger partial charge on any atom is 0.247 e. The molecule has 1 N–H and O–H groups in total. The number of fused-ring (bicyclic) bond motifs is 1. The topological polar surface area (TPSA) is 81.2 Å². The minimum absolute atomic E-state index is 0.0199. The van der Waals surface area contributed by atoms with Crippen molar-refractivity contribution in [3.05, 3.63) is 97.1 Å². The number of carbonyl (C=O) groups excluding carboxylic acids is 3. The van der Waals surface area contributed by atoms with Crippen LogP contribution in [0.15, 0.2) is 86.0 Å². The van der Waals surface area contributed by atoms with Gasteiger partial charge in [0.2, 0.25) is 17.7 Å². The number of likely N-dealkylation sites (tertiary alicyclic amines) is 1. The molecule has 240 valence electrons. The van der Waals surface area contributed by atoms with Gasteiger partial charge in [-0.2, -0.15) is 0 Å². The van der Waals surface area contributed by atoms with E-state index in [-0.39, 0.29) is 35.5 Å². The summed E-state index contributed by atoms with van der Waals surface area (Å²) in [6, 6.07) is 19.2. The molecule has 3 heterocycles. The lowest BCUT2D eigenvalue weighted by molar-refractivity contribution is -0.145. The second-order valence-electron chi connectivity index (χ2n) is 12.7. The molecular formula is C37H47N3O4S. The molecule has 0 radical (unpaired) electrons. The molecule has 2 aromatic carbocycles. The van der Waals surface area contributed by atoms with E-state index in [0.29, 0.717) is 32.7 Å². The third-order valence-corrected chi connectivity index (χ3v) is 11.9. The first kappa shape index (κ1) is 33.0. The summed E-state index contributed by atoms with van der Waals surface area (Å²) in [5.74, 6) is -1.09. The first-order chi connectivity index (χ1) is 21.9. The molecule has 0 saturated carbocycles. The van der Waals surface area contributed by atoms with E-state index in [1.807, 2.05) is 75.4 Å². The Labute approximate surface area is 272 Å². The van der Waals surface area contributed by atoms with E-state index in [9.17, 15) is 19.5 Å². The van der Waals surface area contributed by atoms with Crippen molar-refractivity contribution in [2.45, 2.75) is 68.2 Å². The summed E-state index contributed by atoms with van der Waals surface area (Å²) < 4.78 is -0.674. The first-order valence-electron chi connectivity index (χ1n) is 16.3. The highest BCUT2D eigenvalue weighted by Gasteiger charge is 2.76. The van der Waals surface area contributed by atoms with E-state index in [1.54, 1.807) is 23.9 Å². The molecular weight excluding hydrogens is 582 g/mol. The van der Waals surface area contributed by atoms with Gasteiger partial charge in [0.15, 0.2) is 0 Å². The van der Waals surface area contributed by atoms with Crippen molar-refractivity contribution in [1.29, 1.82) is 0 Å². The molecule has 3 amide bonds. The monoisotopic (exact) mass is 629 g/mol. The quantitative estimate of drug-likeness (QED) is 0.201. The molecule has 0 aliphatic carbocycles. The SMILES string of the molecule is C=CCN(Cc1ccccc1)C(=O)C1N(CCCCCCO)C(=O)[C@@H]2[C@@H](C(=O)N(CC=C)Cc3ccccc3)[C@H]3CC(C)C12S3. The number of amides is 3. The van der Waals surface area contributed by atoms with Crippen molar-refractivity contribution in [3.63, 3.8) is 0 Å². The number of benzene rings is 2. The predicted octanol–water partition coefficient (Wildman–Crippen LogP) is 5.31. The molecule has 3 fully saturated rings. The van der Waals surface area contributed by atoms with Gasteiger partial charge in [-0.25, -0.2) is 0 Å². The molecule has 2 aromatic rings. The molecule has 3 saturated heterocycles. The van der Waals surface area contributed by atoms with Crippen LogP contribution in [0.5, 0.6) is 0 Å². The van der Waals surface area contributed by atoms with Crippen LogP contribution in [0.3, 0.4) is 0 Å². The van der Waals surface area contributed by atoms with Crippen LogP contribution in [0.1, 0.15) is 50.2 Å². The second kappa shape index (κ2) is 14.8. The van der Waals surface area contributed by atoms with Crippen LogP contribution in [0.25, 0.3) is 0 Å². The van der Waals surface area contributed by atoms with E-state index in [2.05, 4.69) is 20.1 Å². The zero-order valence-electron chi connectivity index (χ0n) is 26.4. The molecule has 5 rings (SSSR count). The lowest BCUT2D eigenvalue weighted by Gasteiger charge is -2.41. The number of carbonyl (C=O) groups is 3. The summed E-state index contributed by atoms with van der Waals surface area (Å²) in [5, 5.41) is 9.25. The lowest BCUT2D eigenvalue weighted by atomic mass is 9.65. The van der Waals surface area contributed by atoms with Gasteiger partial charge >= 0.3 is 0 Å². The minimum atomic E-state index is -0.674. The van der Waals surface area contributed by atoms with Gasteiger partial charge in [0.25, 0.3) is 0 Å². The fourth-order valence-electron chi connectivity index (χ4n) is 7.84. The van der Waals surface area contributed by atoms with E-state index in [4.69, 9.17) is 0 Å². The maximum atomic E-state index is 14.8. The van der Waals surface area contributed by atoms with Crippen molar-refractivity contribution in [2.24, 2.45) is 17.8 Å². The van der Waals surface area contributed by atoms with Crippen LogP contribution in [0.2, 0.25) is 0 Å². The molecule has 7 nitrogen and oxygen atoms in total. The average molecular weight is 630 g/mol. The molecule has 0 aromatic heterocycles. The number of rotatable bonds is 16. The second-order valence-corrected chi connectivity index (χ2v) is 14.3. The van der Waals surface area contributed by atoms with Crippen molar-refractivity contribution >= 4 is 29.5 Å². The molecule has 1 spiro atoms. The molecule has 2 bridgehead atoms. The Morgan fingerprint density at radius 1 is 0.911 bits per heavy atom. The van der Waals surface area contributed by atoms with Crippen LogP contribution in [-0.2, 0) is 27.5 Å². The highest BCUT2D eigenvalue weighted by Crippen LogP contribution is 2.69. The Hall–Kier alpha value is -3.36. The predicted molar refractivity (Wildman–Crippen MR) is 180 cm³/mol. The Morgan fingerprint density at radius 3 is 2.02 bits per heavy atom. The number of aliphatic hydroxyl groups is 1. The van der Waals surface area contributed by atoms with Gasteiger partial charge in [-0.15, -0.1) is 24.9 Å². The van der Waals surface area contributed by atoms with E-state index in [0.717, 1.165) is 43.2 Å². The van der Waals surface area contributed by atoms with Crippen molar-refractivity contribution in [3.8, 4) is 0 Å². The largest absolute Gasteiger partial charge is 0.396 e. The Morgan fingerprint density at radius 2 is 1.47 bits per heavy atom. The standard InChI is InChI=1S/C37H47N3O4S/c1-4-20-38(25-28-16-10-8-11-17-28)34(42)31-30-24-27(3)37(45-30)32(31)35(43)40(22-14-6-7-15-23-41)33(37)36(44)39(21-5-2)26-29-18-12-9-13-19-29/h4-5,8-13,16-19,27,30-33,41H,1-2,6-7,14-15,20-26H2,3H3/t27?,30-,31+,32+,33?,37?/m1/s1. The molecule has 3 aliphatic heterocycles.